The summed E-state index contributed by atoms with van der Waals surface area (Å²) in [6.45, 7) is 8.09. The molecule has 0 saturated carbocycles. The summed E-state index contributed by atoms with van der Waals surface area (Å²) in [5.41, 5.74) is -0.500. The van der Waals surface area contributed by atoms with E-state index in [1.807, 2.05) is 20.8 Å². The van der Waals surface area contributed by atoms with Crippen LogP contribution in [0.15, 0.2) is 0 Å². The van der Waals surface area contributed by atoms with E-state index in [0.717, 1.165) is 25.9 Å². The van der Waals surface area contributed by atoms with E-state index in [1.54, 1.807) is 9.80 Å². The first-order chi connectivity index (χ1) is 9.85. The fourth-order valence-electron chi connectivity index (χ4n) is 2.61. The van der Waals surface area contributed by atoms with Crippen molar-refractivity contribution in [2.24, 2.45) is 0 Å². The van der Waals surface area contributed by atoms with E-state index in [1.165, 1.54) is 6.42 Å². The molecule has 1 atom stereocenters. The molecule has 2 aliphatic heterocycles. The molecule has 0 aliphatic carbocycles. The van der Waals surface area contributed by atoms with Crippen LogP contribution in [0.3, 0.4) is 0 Å². The van der Waals surface area contributed by atoms with Gasteiger partial charge in [-0.3, -0.25) is 0 Å². The molecular weight excluding hydrogens is 272 g/mol. The average Bonchev–Trinajstić information content (AvgIpc) is 2.86. The summed E-state index contributed by atoms with van der Waals surface area (Å²) in [6, 6.07) is 0. The number of carbonyl (C=O) groups is 2. The molecule has 0 bridgehead atoms. The highest BCUT2D eigenvalue weighted by Crippen LogP contribution is 2.19. The maximum Gasteiger partial charge on any atom is 0.410 e. The van der Waals surface area contributed by atoms with Crippen LogP contribution in [0, 0.1) is 0 Å². The number of ether oxygens (including phenoxy) is 2. The third-order valence-corrected chi connectivity index (χ3v) is 3.68. The van der Waals surface area contributed by atoms with Gasteiger partial charge in [0.05, 0.1) is 6.54 Å². The lowest BCUT2D eigenvalue weighted by atomic mass is 10.1. The Morgan fingerprint density at radius 3 is 2.24 bits per heavy atom. The summed E-state index contributed by atoms with van der Waals surface area (Å²) in [4.78, 5) is 27.3. The molecular formula is C15H26N2O4. The summed E-state index contributed by atoms with van der Waals surface area (Å²) >= 11 is 0. The molecule has 6 heteroatoms. The largest absolute Gasteiger partial charge is 0.444 e. The number of hydrogen-bond donors (Lipinski definition) is 0. The van der Waals surface area contributed by atoms with Crippen molar-refractivity contribution in [1.82, 2.24) is 9.80 Å². The van der Waals surface area contributed by atoms with Crippen LogP contribution in [0.4, 0.5) is 9.59 Å². The monoisotopic (exact) mass is 298 g/mol. The molecule has 2 rings (SSSR count). The van der Waals surface area contributed by atoms with Crippen molar-refractivity contribution in [1.29, 1.82) is 0 Å². The van der Waals surface area contributed by atoms with E-state index in [4.69, 9.17) is 9.47 Å². The molecule has 21 heavy (non-hydrogen) atoms. The van der Waals surface area contributed by atoms with Gasteiger partial charge in [-0.2, -0.15) is 0 Å². The minimum atomic E-state index is -0.500. The van der Waals surface area contributed by atoms with Crippen molar-refractivity contribution in [2.75, 3.05) is 26.2 Å². The summed E-state index contributed by atoms with van der Waals surface area (Å²) < 4.78 is 10.8. The molecule has 2 fully saturated rings. The highest BCUT2D eigenvalue weighted by atomic mass is 16.6. The van der Waals surface area contributed by atoms with Crippen molar-refractivity contribution >= 4 is 12.2 Å². The standard InChI is InChI=1S/C15H26N2O4/c1-15(2,3)21-14(19)17-10-7-12(11-17)20-13(18)16-8-5-4-6-9-16/h12H,4-11H2,1-3H3. The number of piperidine rings is 1. The molecule has 2 aliphatic rings. The van der Waals surface area contributed by atoms with Gasteiger partial charge in [-0.25, -0.2) is 9.59 Å². The Balaban J connectivity index is 1.77. The Morgan fingerprint density at radius 2 is 1.62 bits per heavy atom. The first-order valence-corrected chi connectivity index (χ1v) is 7.78. The third-order valence-electron chi connectivity index (χ3n) is 3.68. The van der Waals surface area contributed by atoms with Crippen molar-refractivity contribution < 1.29 is 19.1 Å². The average molecular weight is 298 g/mol. The molecule has 0 N–H and O–H groups in total. The van der Waals surface area contributed by atoms with Crippen molar-refractivity contribution in [3.63, 3.8) is 0 Å². The highest BCUT2D eigenvalue weighted by Gasteiger charge is 2.32. The molecule has 1 unspecified atom stereocenters. The van der Waals surface area contributed by atoms with Crippen molar-refractivity contribution in [2.45, 2.75) is 58.2 Å². The van der Waals surface area contributed by atoms with Crippen molar-refractivity contribution in [3.8, 4) is 0 Å². The first-order valence-electron chi connectivity index (χ1n) is 7.78. The van der Waals surface area contributed by atoms with E-state index >= 15 is 0 Å². The number of carbonyl (C=O) groups excluding carboxylic acids is 2. The molecule has 2 amide bonds. The smallest absolute Gasteiger partial charge is 0.410 e. The van der Waals surface area contributed by atoms with Gasteiger partial charge in [0.1, 0.15) is 11.7 Å². The summed E-state index contributed by atoms with van der Waals surface area (Å²) in [5.74, 6) is 0. The zero-order valence-electron chi connectivity index (χ0n) is 13.3. The summed E-state index contributed by atoms with van der Waals surface area (Å²) in [7, 11) is 0. The van der Waals surface area contributed by atoms with Gasteiger partial charge < -0.3 is 19.3 Å². The molecule has 6 nitrogen and oxygen atoms in total. The Morgan fingerprint density at radius 1 is 0.952 bits per heavy atom. The molecule has 2 saturated heterocycles. The molecule has 0 aromatic heterocycles. The lowest BCUT2D eigenvalue weighted by molar-refractivity contribution is 0.0236. The van der Waals surface area contributed by atoms with Gasteiger partial charge in [0, 0.05) is 26.1 Å². The van der Waals surface area contributed by atoms with E-state index in [0.29, 0.717) is 19.5 Å². The lowest BCUT2D eigenvalue weighted by Crippen LogP contribution is -2.39. The first kappa shape index (κ1) is 15.9. The van der Waals surface area contributed by atoms with Gasteiger partial charge in [0.25, 0.3) is 0 Å². The van der Waals surface area contributed by atoms with Crippen LogP contribution >= 0.6 is 0 Å². The quantitative estimate of drug-likeness (QED) is 0.746. The van der Waals surface area contributed by atoms with Gasteiger partial charge in [-0.05, 0) is 40.0 Å². The predicted molar refractivity (Wildman–Crippen MR) is 78.1 cm³/mol. The predicted octanol–water partition coefficient (Wildman–Crippen LogP) is 2.62. The molecule has 0 spiro atoms. The lowest BCUT2D eigenvalue weighted by Gasteiger charge is -2.27. The highest BCUT2D eigenvalue weighted by molar-refractivity contribution is 5.69. The second kappa shape index (κ2) is 6.54. The van der Waals surface area contributed by atoms with E-state index in [9.17, 15) is 9.59 Å². The number of likely N-dealkylation sites (tertiary alicyclic amines) is 2. The number of nitrogens with zero attached hydrogens (tertiary/aromatic N) is 2. The number of hydrogen-bond acceptors (Lipinski definition) is 4. The molecule has 0 radical (unpaired) electrons. The van der Waals surface area contributed by atoms with Gasteiger partial charge in [-0.15, -0.1) is 0 Å². The van der Waals surface area contributed by atoms with Gasteiger partial charge in [0.15, 0.2) is 0 Å². The minimum Gasteiger partial charge on any atom is -0.444 e. The third kappa shape index (κ3) is 4.79. The Kier molecular flexibility index (Phi) is 4.96. The SMILES string of the molecule is CC(C)(C)OC(=O)N1CCC(OC(=O)N2CCCCC2)C1. The number of rotatable bonds is 1. The van der Waals surface area contributed by atoms with Crippen LogP contribution in [-0.2, 0) is 9.47 Å². The molecule has 120 valence electrons. The normalized spacial score (nSPS) is 23.1. The summed E-state index contributed by atoms with van der Waals surface area (Å²) in [5, 5.41) is 0. The van der Waals surface area contributed by atoms with Crippen LogP contribution in [-0.4, -0.2) is 59.9 Å². The number of amides is 2. The van der Waals surface area contributed by atoms with Crippen LogP contribution < -0.4 is 0 Å². The van der Waals surface area contributed by atoms with Crippen LogP contribution in [0.1, 0.15) is 46.5 Å². The van der Waals surface area contributed by atoms with Crippen LogP contribution in [0.2, 0.25) is 0 Å². The van der Waals surface area contributed by atoms with E-state index < -0.39 is 5.60 Å². The zero-order chi connectivity index (χ0) is 15.5. The second-order valence-corrected chi connectivity index (χ2v) is 6.77. The molecule has 0 aromatic carbocycles. The fourth-order valence-corrected chi connectivity index (χ4v) is 2.61. The topological polar surface area (TPSA) is 59.1 Å². The van der Waals surface area contributed by atoms with Gasteiger partial charge in [0.2, 0.25) is 0 Å². The van der Waals surface area contributed by atoms with Gasteiger partial charge in [-0.1, -0.05) is 0 Å². The van der Waals surface area contributed by atoms with Gasteiger partial charge >= 0.3 is 12.2 Å². The Labute approximate surface area is 126 Å². The summed E-state index contributed by atoms with van der Waals surface area (Å²) in [6.07, 6.45) is 3.16. The Hall–Kier alpha value is -1.46. The van der Waals surface area contributed by atoms with Crippen LogP contribution in [0.5, 0.6) is 0 Å². The molecule has 0 aromatic rings. The van der Waals surface area contributed by atoms with E-state index in [-0.39, 0.29) is 18.3 Å². The Bertz CT molecular complexity index is 386. The fraction of sp³-hybridized carbons (Fsp3) is 0.867. The molecule has 2 heterocycles. The second-order valence-electron chi connectivity index (χ2n) is 6.77. The minimum absolute atomic E-state index is 0.216. The zero-order valence-corrected chi connectivity index (χ0v) is 13.3. The van der Waals surface area contributed by atoms with Crippen molar-refractivity contribution in [3.05, 3.63) is 0 Å². The van der Waals surface area contributed by atoms with Crippen LogP contribution in [0.25, 0.3) is 0 Å². The maximum absolute atomic E-state index is 12.0. The maximum atomic E-state index is 12.0. The van der Waals surface area contributed by atoms with E-state index in [2.05, 4.69) is 0 Å².